The number of methoxy groups -OCH3 is 1. The molecule has 0 spiro atoms. The van der Waals surface area contributed by atoms with E-state index in [1.807, 2.05) is 0 Å². The molecule has 7 nitrogen and oxygen atoms in total. The van der Waals surface area contributed by atoms with Gasteiger partial charge in [0.05, 0.1) is 7.11 Å². The van der Waals surface area contributed by atoms with Crippen LogP contribution in [0, 0.1) is 0 Å². The molecular weight excluding hydrogens is 420 g/mol. The number of benzene rings is 1. The number of halogens is 1. The van der Waals surface area contributed by atoms with Crippen molar-refractivity contribution in [2.45, 2.75) is 6.04 Å². The van der Waals surface area contributed by atoms with Crippen LogP contribution in [0.25, 0.3) is 10.8 Å². The highest BCUT2D eigenvalue weighted by Crippen LogP contribution is 2.22. The lowest BCUT2D eigenvalue weighted by Gasteiger charge is -2.16. The van der Waals surface area contributed by atoms with Crippen molar-refractivity contribution in [1.82, 2.24) is 20.3 Å². The van der Waals surface area contributed by atoms with Gasteiger partial charge in [0.15, 0.2) is 16.9 Å². The molecule has 0 saturated carbocycles. The number of ether oxygens (including phenoxy) is 1. The van der Waals surface area contributed by atoms with Crippen LogP contribution in [0.5, 0.6) is 0 Å². The molecule has 2 aromatic heterocycles. The topological polar surface area (TPSA) is 94.1 Å². The molecule has 9 heteroatoms. The van der Waals surface area contributed by atoms with Crippen LogP contribution >= 0.6 is 27.3 Å². The minimum absolute atomic E-state index is 0.184. The lowest BCUT2D eigenvalue weighted by molar-refractivity contribution is -0.143. The predicted molar refractivity (Wildman–Crippen MR) is 99.5 cm³/mol. The Balaban J connectivity index is 1.81. The first-order chi connectivity index (χ1) is 12.6. The molecule has 1 atom stereocenters. The number of carbonyl (C=O) groups is 2. The molecule has 3 rings (SSSR count). The molecule has 0 fully saturated rings. The van der Waals surface area contributed by atoms with Crippen LogP contribution in [0.3, 0.4) is 0 Å². The second kappa shape index (κ2) is 8.15. The molecule has 0 bridgehead atoms. The van der Waals surface area contributed by atoms with Crippen molar-refractivity contribution >= 4 is 39.1 Å². The Bertz CT molecular complexity index is 915. The first-order valence-corrected chi connectivity index (χ1v) is 9.13. The fourth-order valence-corrected chi connectivity index (χ4v) is 3.16. The molecule has 0 aliphatic heterocycles. The van der Waals surface area contributed by atoms with Crippen molar-refractivity contribution in [3.63, 3.8) is 0 Å². The summed E-state index contributed by atoms with van der Waals surface area (Å²) in [4.78, 5) is 37.1. The molecule has 0 aliphatic carbocycles. The van der Waals surface area contributed by atoms with Crippen molar-refractivity contribution in [1.29, 1.82) is 0 Å². The van der Waals surface area contributed by atoms with E-state index >= 15 is 0 Å². The molecule has 26 heavy (non-hydrogen) atoms. The number of esters is 1. The summed E-state index contributed by atoms with van der Waals surface area (Å²) in [6.45, 7) is 0. The van der Waals surface area contributed by atoms with Gasteiger partial charge >= 0.3 is 5.97 Å². The zero-order valence-electron chi connectivity index (χ0n) is 13.5. The van der Waals surface area contributed by atoms with E-state index in [1.54, 1.807) is 48.1 Å². The molecule has 2 heterocycles. The highest BCUT2D eigenvalue weighted by Gasteiger charge is 2.25. The molecule has 1 unspecified atom stereocenters. The van der Waals surface area contributed by atoms with Crippen LogP contribution in [0.1, 0.15) is 22.1 Å². The Labute approximate surface area is 161 Å². The van der Waals surface area contributed by atoms with Crippen molar-refractivity contribution in [3.05, 3.63) is 63.8 Å². The summed E-state index contributed by atoms with van der Waals surface area (Å²) in [5.41, 5.74) is 0.790. The number of nitrogens with zero attached hydrogens (tertiary/aromatic N) is 3. The van der Waals surface area contributed by atoms with Crippen molar-refractivity contribution < 1.29 is 14.3 Å². The predicted octanol–water partition coefficient (Wildman–Crippen LogP) is 3.01. The van der Waals surface area contributed by atoms with E-state index in [2.05, 4.69) is 36.2 Å². The molecule has 0 saturated heterocycles. The summed E-state index contributed by atoms with van der Waals surface area (Å²) >= 11 is 4.59. The lowest BCUT2D eigenvalue weighted by atomic mass is 10.1. The quantitative estimate of drug-likeness (QED) is 0.622. The fourth-order valence-electron chi connectivity index (χ4n) is 2.15. The van der Waals surface area contributed by atoms with Crippen LogP contribution in [0.15, 0.2) is 52.6 Å². The van der Waals surface area contributed by atoms with Crippen LogP contribution in [0.2, 0.25) is 0 Å². The maximum atomic E-state index is 12.5. The van der Waals surface area contributed by atoms with Crippen LogP contribution in [0.4, 0.5) is 0 Å². The average molecular weight is 433 g/mol. The zero-order chi connectivity index (χ0) is 18.5. The van der Waals surface area contributed by atoms with E-state index in [9.17, 15) is 9.59 Å². The van der Waals surface area contributed by atoms with Gasteiger partial charge in [-0.2, -0.15) is 0 Å². The Morgan fingerprint density at radius 1 is 1.19 bits per heavy atom. The largest absolute Gasteiger partial charge is 0.467 e. The highest BCUT2D eigenvalue weighted by molar-refractivity contribution is 9.10. The standard InChI is InChI=1S/C17H13BrN4O3S/c1-25-17(24)13(10-3-5-11(18)6-4-10)22-15(23)12-9-26-16(21-12)14-19-7-2-8-20-14/h2-9,13H,1H3,(H,22,23). The van der Waals surface area contributed by atoms with Gasteiger partial charge in [-0.05, 0) is 23.8 Å². The maximum Gasteiger partial charge on any atom is 0.333 e. The van der Waals surface area contributed by atoms with Gasteiger partial charge in [-0.25, -0.2) is 19.7 Å². The number of aromatic nitrogens is 3. The summed E-state index contributed by atoms with van der Waals surface area (Å²) in [6.07, 6.45) is 3.20. The normalized spacial score (nSPS) is 11.6. The van der Waals surface area contributed by atoms with E-state index in [4.69, 9.17) is 4.74 Å². The second-order valence-electron chi connectivity index (χ2n) is 5.09. The van der Waals surface area contributed by atoms with E-state index < -0.39 is 17.9 Å². The van der Waals surface area contributed by atoms with Crippen molar-refractivity contribution in [2.75, 3.05) is 7.11 Å². The first kappa shape index (κ1) is 18.2. The third-order valence-corrected chi connectivity index (χ3v) is 4.78. The third-order valence-electron chi connectivity index (χ3n) is 3.41. The minimum Gasteiger partial charge on any atom is -0.467 e. The SMILES string of the molecule is COC(=O)C(NC(=O)c1csc(-c2ncccn2)n1)c1ccc(Br)cc1. The smallest absolute Gasteiger partial charge is 0.333 e. The second-order valence-corrected chi connectivity index (χ2v) is 6.87. The summed E-state index contributed by atoms with van der Waals surface area (Å²) in [5.74, 6) is -0.613. The van der Waals surface area contributed by atoms with Gasteiger partial charge in [-0.1, -0.05) is 28.1 Å². The molecule has 1 aromatic carbocycles. The molecule has 0 aliphatic rings. The zero-order valence-corrected chi connectivity index (χ0v) is 16.0. The Hall–Kier alpha value is -2.65. The first-order valence-electron chi connectivity index (χ1n) is 7.45. The van der Waals surface area contributed by atoms with Gasteiger partial charge in [0.2, 0.25) is 0 Å². The molecule has 1 N–H and O–H groups in total. The molecule has 1 amide bonds. The molecule has 3 aromatic rings. The van der Waals surface area contributed by atoms with Crippen LogP contribution in [-0.4, -0.2) is 33.9 Å². The van der Waals surface area contributed by atoms with Gasteiger partial charge in [0.1, 0.15) is 5.69 Å². The highest BCUT2D eigenvalue weighted by atomic mass is 79.9. The fraction of sp³-hybridized carbons (Fsp3) is 0.118. The molecule has 132 valence electrons. The van der Waals surface area contributed by atoms with Gasteiger partial charge in [-0.15, -0.1) is 11.3 Å². The summed E-state index contributed by atoms with van der Waals surface area (Å²) in [7, 11) is 1.27. The van der Waals surface area contributed by atoms with Gasteiger partial charge in [-0.3, -0.25) is 4.79 Å². The van der Waals surface area contributed by atoms with E-state index in [0.29, 0.717) is 16.4 Å². The number of nitrogens with one attached hydrogen (secondary N) is 1. The Morgan fingerprint density at radius 2 is 1.88 bits per heavy atom. The van der Waals surface area contributed by atoms with E-state index in [1.165, 1.54) is 18.4 Å². The Kier molecular flexibility index (Phi) is 5.69. The number of amides is 1. The van der Waals surface area contributed by atoms with Gasteiger partial charge in [0, 0.05) is 22.2 Å². The number of rotatable bonds is 5. The average Bonchev–Trinajstić information content (AvgIpc) is 3.17. The number of carbonyl (C=O) groups excluding carboxylic acids is 2. The van der Waals surface area contributed by atoms with Gasteiger partial charge < -0.3 is 10.1 Å². The number of hydrogen-bond acceptors (Lipinski definition) is 7. The maximum absolute atomic E-state index is 12.5. The summed E-state index contributed by atoms with van der Waals surface area (Å²) in [5, 5.41) is 4.78. The number of thiazole rings is 1. The van der Waals surface area contributed by atoms with Crippen molar-refractivity contribution in [2.24, 2.45) is 0 Å². The Morgan fingerprint density at radius 3 is 2.54 bits per heavy atom. The molecular formula is C17H13BrN4O3S. The lowest BCUT2D eigenvalue weighted by Crippen LogP contribution is -2.34. The third kappa shape index (κ3) is 4.12. The van der Waals surface area contributed by atoms with E-state index in [-0.39, 0.29) is 5.69 Å². The van der Waals surface area contributed by atoms with Crippen molar-refractivity contribution in [3.8, 4) is 10.8 Å². The van der Waals surface area contributed by atoms with Gasteiger partial charge in [0.25, 0.3) is 5.91 Å². The minimum atomic E-state index is -0.932. The monoisotopic (exact) mass is 432 g/mol. The summed E-state index contributed by atoms with van der Waals surface area (Å²) < 4.78 is 5.67. The van der Waals surface area contributed by atoms with E-state index in [0.717, 1.165) is 4.47 Å². The molecule has 0 radical (unpaired) electrons. The summed E-state index contributed by atoms with van der Waals surface area (Å²) in [6, 6.07) is 7.80. The van der Waals surface area contributed by atoms with Crippen LogP contribution in [-0.2, 0) is 9.53 Å². The number of hydrogen-bond donors (Lipinski definition) is 1. The van der Waals surface area contributed by atoms with Crippen LogP contribution < -0.4 is 5.32 Å².